The maximum Gasteiger partial charge on any atom is 0.313 e. The van der Waals surface area contributed by atoms with E-state index in [0.29, 0.717) is 12.8 Å². The molecule has 0 bridgehead atoms. The van der Waals surface area contributed by atoms with E-state index in [2.05, 4.69) is 11.4 Å². The van der Waals surface area contributed by atoms with Crippen molar-refractivity contribution in [3.63, 3.8) is 0 Å². The first-order chi connectivity index (χ1) is 14.0. The van der Waals surface area contributed by atoms with E-state index < -0.39 is 23.3 Å². The molecule has 1 aliphatic rings. The van der Waals surface area contributed by atoms with Crippen molar-refractivity contribution in [2.24, 2.45) is 0 Å². The van der Waals surface area contributed by atoms with E-state index in [0.717, 1.165) is 41.3 Å². The van der Waals surface area contributed by atoms with Gasteiger partial charge in [-0.2, -0.15) is 5.26 Å². The minimum atomic E-state index is -0.827. The van der Waals surface area contributed by atoms with Crippen molar-refractivity contribution in [2.75, 3.05) is 13.7 Å². The summed E-state index contributed by atoms with van der Waals surface area (Å²) in [6.45, 7) is 1.38. The molecule has 0 heterocycles. The smallest absolute Gasteiger partial charge is 0.313 e. The normalized spacial score (nSPS) is 16.4. The van der Waals surface area contributed by atoms with Crippen molar-refractivity contribution in [3.8, 4) is 11.8 Å². The van der Waals surface area contributed by atoms with Gasteiger partial charge in [0.2, 0.25) is 0 Å². The Morgan fingerprint density at radius 2 is 1.83 bits per heavy atom. The van der Waals surface area contributed by atoms with Crippen LogP contribution in [-0.4, -0.2) is 31.1 Å². The number of ether oxygens (including phenoxy) is 2. The largest absolute Gasteiger partial charge is 0.497 e. The first-order valence-electron chi connectivity index (χ1n) is 9.93. The van der Waals surface area contributed by atoms with Crippen LogP contribution in [0.4, 0.5) is 0 Å². The average Bonchev–Trinajstić information content (AvgIpc) is 2.76. The molecule has 6 nitrogen and oxygen atoms in total. The predicted octanol–water partition coefficient (Wildman–Crippen LogP) is 3.84. The third kappa shape index (κ3) is 4.86. The van der Waals surface area contributed by atoms with Crippen LogP contribution in [0.5, 0.6) is 5.75 Å². The lowest BCUT2D eigenvalue weighted by molar-refractivity contribution is -0.150. The van der Waals surface area contributed by atoms with Crippen LogP contribution < -0.4 is 10.1 Å². The fraction of sp³-hybridized carbons (Fsp3) is 0.435. The van der Waals surface area contributed by atoms with E-state index in [9.17, 15) is 14.9 Å². The van der Waals surface area contributed by atoms with Crippen LogP contribution in [0.1, 0.15) is 50.5 Å². The minimum absolute atomic E-state index is 0.378. The number of amides is 1. The lowest BCUT2D eigenvalue weighted by atomic mass is 9.83. The highest BCUT2D eigenvalue weighted by Gasteiger charge is 2.33. The molecule has 1 aliphatic carbocycles. The van der Waals surface area contributed by atoms with E-state index in [-0.39, 0.29) is 6.61 Å². The Labute approximate surface area is 170 Å². The number of fused-ring (bicyclic) bond motifs is 1. The van der Waals surface area contributed by atoms with Gasteiger partial charge in [-0.15, -0.1) is 0 Å². The van der Waals surface area contributed by atoms with Gasteiger partial charge < -0.3 is 14.8 Å². The van der Waals surface area contributed by atoms with Crippen molar-refractivity contribution in [3.05, 3.63) is 42.0 Å². The highest BCUT2D eigenvalue weighted by molar-refractivity contribution is 5.87. The van der Waals surface area contributed by atoms with Crippen LogP contribution >= 0.6 is 0 Å². The van der Waals surface area contributed by atoms with Gasteiger partial charge in [-0.25, -0.2) is 0 Å². The lowest BCUT2D eigenvalue weighted by Crippen LogP contribution is -2.50. The summed E-state index contributed by atoms with van der Waals surface area (Å²) < 4.78 is 10.4. The van der Waals surface area contributed by atoms with Gasteiger partial charge in [-0.3, -0.25) is 9.59 Å². The van der Waals surface area contributed by atoms with Gasteiger partial charge in [0.25, 0.3) is 5.91 Å². The molecule has 1 amide bonds. The number of nitrogens with one attached hydrogen (secondary N) is 1. The number of hydrogen-bond acceptors (Lipinski definition) is 5. The second kappa shape index (κ2) is 8.95. The van der Waals surface area contributed by atoms with Gasteiger partial charge in [0.1, 0.15) is 11.3 Å². The Morgan fingerprint density at radius 1 is 1.14 bits per heavy atom. The summed E-state index contributed by atoms with van der Waals surface area (Å²) in [6, 6.07) is 13.7. The summed E-state index contributed by atoms with van der Waals surface area (Å²) in [5, 5.41) is 14.2. The van der Waals surface area contributed by atoms with Gasteiger partial charge in [0.15, 0.2) is 6.61 Å². The van der Waals surface area contributed by atoms with Crippen LogP contribution in [0, 0.1) is 11.3 Å². The van der Waals surface area contributed by atoms with Crippen molar-refractivity contribution in [1.82, 2.24) is 5.32 Å². The fourth-order valence-electron chi connectivity index (χ4n) is 3.76. The minimum Gasteiger partial charge on any atom is -0.497 e. The molecule has 29 heavy (non-hydrogen) atoms. The molecule has 152 valence electrons. The number of nitriles is 1. The summed E-state index contributed by atoms with van der Waals surface area (Å²) in [4.78, 5) is 24.7. The van der Waals surface area contributed by atoms with Crippen LogP contribution in [0.25, 0.3) is 10.8 Å². The second-order valence-corrected chi connectivity index (χ2v) is 7.60. The Morgan fingerprint density at radius 3 is 2.52 bits per heavy atom. The third-order valence-corrected chi connectivity index (χ3v) is 5.57. The molecule has 1 saturated carbocycles. The van der Waals surface area contributed by atoms with E-state index in [1.165, 1.54) is 0 Å². The Balaban J connectivity index is 1.59. The predicted molar refractivity (Wildman–Crippen MR) is 109 cm³/mol. The van der Waals surface area contributed by atoms with Crippen molar-refractivity contribution < 1.29 is 19.1 Å². The molecule has 1 fully saturated rings. The molecule has 1 atom stereocenters. The van der Waals surface area contributed by atoms with E-state index in [4.69, 9.17) is 9.47 Å². The average molecular weight is 394 g/mol. The number of rotatable bonds is 6. The van der Waals surface area contributed by atoms with Gasteiger partial charge >= 0.3 is 5.97 Å². The maximum atomic E-state index is 12.4. The standard InChI is InChI=1S/C23H26N2O4/c1-16(17-6-7-19-13-20(28-2)9-8-18(19)12-17)22(27)29-14-21(26)25-23(15-24)10-4-3-5-11-23/h6-9,12-13,16H,3-5,10-11,14H2,1-2H3,(H,25,26)/t16-/m0/s1. The maximum absolute atomic E-state index is 12.4. The van der Waals surface area contributed by atoms with E-state index in [1.807, 2.05) is 36.4 Å². The van der Waals surface area contributed by atoms with Crippen LogP contribution in [0.15, 0.2) is 36.4 Å². The number of benzene rings is 2. The van der Waals surface area contributed by atoms with Crippen LogP contribution in [-0.2, 0) is 14.3 Å². The number of hydrogen-bond donors (Lipinski definition) is 1. The molecular formula is C23H26N2O4. The lowest BCUT2D eigenvalue weighted by Gasteiger charge is -2.31. The van der Waals surface area contributed by atoms with E-state index in [1.54, 1.807) is 14.0 Å². The second-order valence-electron chi connectivity index (χ2n) is 7.60. The zero-order valence-electron chi connectivity index (χ0n) is 16.9. The first-order valence-corrected chi connectivity index (χ1v) is 9.93. The highest BCUT2D eigenvalue weighted by atomic mass is 16.5. The van der Waals surface area contributed by atoms with Gasteiger partial charge in [0, 0.05) is 0 Å². The summed E-state index contributed by atoms with van der Waals surface area (Å²) >= 11 is 0. The molecule has 2 aromatic rings. The van der Waals surface area contributed by atoms with Gasteiger partial charge in [-0.05, 0) is 48.2 Å². The van der Waals surface area contributed by atoms with Crippen LogP contribution in [0.3, 0.4) is 0 Å². The summed E-state index contributed by atoms with van der Waals surface area (Å²) in [6.07, 6.45) is 4.18. The molecule has 0 aliphatic heterocycles. The van der Waals surface area contributed by atoms with E-state index >= 15 is 0 Å². The molecule has 0 unspecified atom stereocenters. The molecule has 6 heteroatoms. The summed E-state index contributed by atoms with van der Waals surface area (Å²) in [7, 11) is 1.62. The quantitative estimate of drug-likeness (QED) is 0.752. The molecular weight excluding hydrogens is 368 g/mol. The zero-order chi connectivity index (χ0) is 20.9. The molecule has 1 N–H and O–H groups in total. The highest BCUT2D eigenvalue weighted by Crippen LogP contribution is 2.28. The number of carbonyl (C=O) groups is 2. The van der Waals surface area contributed by atoms with Gasteiger partial charge in [-0.1, -0.05) is 43.5 Å². The summed E-state index contributed by atoms with van der Waals surface area (Å²) in [5.74, 6) is -0.631. The molecule has 0 radical (unpaired) electrons. The molecule has 3 rings (SSSR count). The third-order valence-electron chi connectivity index (χ3n) is 5.57. The van der Waals surface area contributed by atoms with Crippen molar-refractivity contribution >= 4 is 22.6 Å². The number of carbonyl (C=O) groups excluding carboxylic acids is 2. The number of methoxy groups -OCH3 is 1. The van der Waals surface area contributed by atoms with Crippen molar-refractivity contribution in [1.29, 1.82) is 5.26 Å². The summed E-state index contributed by atoms with van der Waals surface area (Å²) in [5.41, 5.74) is -0.0129. The van der Waals surface area contributed by atoms with Crippen molar-refractivity contribution in [2.45, 2.75) is 50.5 Å². The van der Waals surface area contributed by atoms with Crippen LogP contribution in [0.2, 0.25) is 0 Å². The Hall–Kier alpha value is -3.07. The molecule has 2 aromatic carbocycles. The fourth-order valence-corrected chi connectivity index (χ4v) is 3.76. The first kappa shape index (κ1) is 20.7. The Bertz CT molecular complexity index is 942. The molecule has 0 spiro atoms. The van der Waals surface area contributed by atoms with Gasteiger partial charge in [0.05, 0.1) is 19.1 Å². The number of esters is 1. The SMILES string of the molecule is COc1ccc2cc([C@H](C)C(=O)OCC(=O)NC3(C#N)CCCCC3)ccc2c1. The monoisotopic (exact) mass is 394 g/mol. The topological polar surface area (TPSA) is 88.4 Å². The number of nitrogens with zero attached hydrogens (tertiary/aromatic N) is 1. The zero-order valence-corrected chi connectivity index (χ0v) is 16.9. The molecule has 0 aromatic heterocycles. The molecule has 0 saturated heterocycles. The Kier molecular flexibility index (Phi) is 6.38.